The van der Waals surface area contributed by atoms with Gasteiger partial charge in [-0.25, -0.2) is 0 Å². The standard InChI is InChI=1S/C21H23ClN2O3/c1-26-19-8-7-15(9-18(19)22)21(25)23-16-10-17-13-27-20(12-24(17)11-16)14-5-3-2-4-6-14/h2-9,16-17,20H,10-13H2,1H3,(H,23,25)/t16-,17+,20-/m1/s1. The van der Waals surface area contributed by atoms with Gasteiger partial charge in [0.05, 0.1) is 24.8 Å². The molecule has 0 radical (unpaired) electrons. The number of hydrogen-bond donors (Lipinski definition) is 1. The van der Waals surface area contributed by atoms with Gasteiger partial charge in [0.1, 0.15) is 5.75 Å². The Hall–Kier alpha value is -2.08. The van der Waals surface area contributed by atoms with Crippen molar-refractivity contribution in [1.29, 1.82) is 0 Å². The van der Waals surface area contributed by atoms with E-state index in [1.54, 1.807) is 25.3 Å². The lowest BCUT2D eigenvalue weighted by Crippen LogP contribution is -2.43. The van der Waals surface area contributed by atoms with E-state index in [0.29, 0.717) is 29.0 Å². The molecule has 2 aromatic rings. The highest BCUT2D eigenvalue weighted by Crippen LogP contribution is 2.30. The second-order valence-electron chi connectivity index (χ2n) is 7.10. The van der Waals surface area contributed by atoms with Crippen LogP contribution in [0.4, 0.5) is 0 Å². The van der Waals surface area contributed by atoms with E-state index in [1.165, 1.54) is 5.56 Å². The van der Waals surface area contributed by atoms with Crippen LogP contribution in [-0.2, 0) is 4.74 Å². The SMILES string of the molecule is COc1ccc(C(=O)N[C@@H]2C[C@H]3CO[C@@H](c4ccccc4)CN3C2)cc1Cl. The normalized spacial score (nSPS) is 25.0. The van der Waals surface area contributed by atoms with Gasteiger partial charge in [-0.2, -0.15) is 0 Å². The van der Waals surface area contributed by atoms with Gasteiger partial charge in [-0.3, -0.25) is 9.69 Å². The molecule has 5 nitrogen and oxygen atoms in total. The number of morpholine rings is 1. The van der Waals surface area contributed by atoms with Gasteiger partial charge < -0.3 is 14.8 Å². The number of carbonyl (C=O) groups excluding carboxylic acids is 1. The summed E-state index contributed by atoms with van der Waals surface area (Å²) in [6.07, 6.45) is 0.995. The van der Waals surface area contributed by atoms with Crippen molar-refractivity contribution < 1.29 is 14.3 Å². The molecule has 3 atom stereocenters. The molecule has 1 N–H and O–H groups in total. The monoisotopic (exact) mass is 386 g/mol. The zero-order valence-corrected chi connectivity index (χ0v) is 16.0. The molecule has 2 aliphatic rings. The van der Waals surface area contributed by atoms with Crippen LogP contribution < -0.4 is 10.1 Å². The summed E-state index contributed by atoms with van der Waals surface area (Å²) in [5.41, 5.74) is 1.75. The molecule has 0 bridgehead atoms. The molecule has 6 heteroatoms. The maximum atomic E-state index is 12.6. The van der Waals surface area contributed by atoms with Crippen molar-refractivity contribution in [3.63, 3.8) is 0 Å². The number of nitrogens with zero attached hydrogens (tertiary/aromatic N) is 1. The van der Waals surface area contributed by atoms with Crippen molar-refractivity contribution in [3.8, 4) is 5.75 Å². The lowest BCUT2D eigenvalue weighted by Gasteiger charge is -2.35. The molecular formula is C21H23ClN2O3. The fourth-order valence-corrected chi connectivity index (χ4v) is 4.18. The molecule has 0 saturated carbocycles. The number of hydrogen-bond acceptors (Lipinski definition) is 4. The fourth-order valence-electron chi connectivity index (χ4n) is 3.92. The Bertz CT molecular complexity index is 814. The van der Waals surface area contributed by atoms with Gasteiger partial charge in [0.2, 0.25) is 0 Å². The average molecular weight is 387 g/mol. The van der Waals surface area contributed by atoms with Crippen LogP contribution in [0.25, 0.3) is 0 Å². The van der Waals surface area contributed by atoms with E-state index in [0.717, 1.165) is 19.5 Å². The summed E-state index contributed by atoms with van der Waals surface area (Å²) in [6.45, 7) is 2.39. The first-order chi connectivity index (χ1) is 13.1. The van der Waals surface area contributed by atoms with Crippen LogP contribution in [-0.4, -0.2) is 49.7 Å². The number of amides is 1. The van der Waals surface area contributed by atoms with Gasteiger partial charge in [-0.1, -0.05) is 41.9 Å². The molecular weight excluding hydrogens is 364 g/mol. The molecule has 27 heavy (non-hydrogen) atoms. The summed E-state index contributed by atoms with van der Waals surface area (Å²) in [7, 11) is 1.56. The first-order valence-electron chi connectivity index (χ1n) is 9.19. The van der Waals surface area contributed by atoms with Crippen LogP contribution in [0.3, 0.4) is 0 Å². The summed E-state index contributed by atoms with van der Waals surface area (Å²) in [4.78, 5) is 15.0. The molecule has 2 saturated heterocycles. The number of benzene rings is 2. The van der Waals surface area contributed by atoms with Crippen LogP contribution in [0.15, 0.2) is 48.5 Å². The van der Waals surface area contributed by atoms with Gasteiger partial charge in [0.25, 0.3) is 5.91 Å². The topological polar surface area (TPSA) is 50.8 Å². The van der Waals surface area contributed by atoms with Crippen LogP contribution >= 0.6 is 11.6 Å². The Labute approximate surface area is 164 Å². The third kappa shape index (κ3) is 3.95. The molecule has 142 valence electrons. The second kappa shape index (κ2) is 7.89. The molecule has 0 aliphatic carbocycles. The minimum Gasteiger partial charge on any atom is -0.495 e. The molecule has 0 aromatic heterocycles. The maximum Gasteiger partial charge on any atom is 0.251 e. The molecule has 0 spiro atoms. The van der Waals surface area contributed by atoms with E-state index in [9.17, 15) is 4.79 Å². The minimum atomic E-state index is -0.107. The van der Waals surface area contributed by atoms with Crippen LogP contribution in [0, 0.1) is 0 Å². The van der Waals surface area contributed by atoms with Crippen LogP contribution in [0.1, 0.15) is 28.4 Å². The number of methoxy groups -OCH3 is 1. The fraction of sp³-hybridized carbons (Fsp3) is 0.381. The highest BCUT2D eigenvalue weighted by Gasteiger charge is 2.38. The molecule has 0 unspecified atom stereocenters. The number of carbonyl (C=O) groups is 1. The Morgan fingerprint density at radius 2 is 2.04 bits per heavy atom. The zero-order chi connectivity index (χ0) is 18.8. The van der Waals surface area contributed by atoms with Crippen molar-refractivity contribution in [2.75, 3.05) is 26.8 Å². The van der Waals surface area contributed by atoms with E-state index in [2.05, 4.69) is 22.3 Å². The van der Waals surface area contributed by atoms with E-state index in [1.807, 2.05) is 18.2 Å². The molecule has 2 aliphatic heterocycles. The van der Waals surface area contributed by atoms with E-state index < -0.39 is 0 Å². The molecule has 4 rings (SSSR count). The van der Waals surface area contributed by atoms with Crippen molar-refractivity contribution in [3.05, 3.63) is 64.7 Å². The minimum absolute atomic E-state index is 0.0947. The zero-order valence-electron chi connectivity index (χ0n) is 15.2. The number of ether oxygens (including phenoxy) is 2. The van der Waals surface area contributed by atoms with Gasteiger partial charge in [0, 0.05) is 30.7 Å². The lowest BCUT2D eigenvalue weighted by atomic mass is 10.1. The predicted molar refractivity (Wildman–Crippen MR) is 104 cm³/mol. The summed E-state index contributed by atoms with van der Waals surface area (Å²) in [5.74, 6) is 0.459. The maximum absolute atomic E-state index is 12.6. The van der Waals surface area contributed by atoms with Crippen molar-refractivity contribution in [1.82, 2.24) is 10.2 Å². The smallest absolute Gasteiger partial charge is 0.251 e. The second-order valence-corrected chi connectivity index (χ2v) is 7.50. The van der Waals surface area contributed by atoms with E-state index in [-0.39, 0.29) is 18.1 Å². The van der Waals surface area contributed by atoms with Gasteiger partial charge in [-0.05, 0) is 30.2 Å². The van der Waals surface area contributed by atoms with Crippen LogP contribution in [0.2, 0.25) is 5.02 Å². The average Bonchev–Trinajstić information content (AvgIpc) is 3.10. The third-order valence-electron chi connectivity index (χ3n) is 5.34. The van der Waals surface area contributed by atoms with Gasteiger partial charge in [0.15, 0.2) is 0 Å². The van der Waals surface area contributed by atoms with E-state index >= 15 is 0 Å². The predicted octanol–water partition coefficient (Wildman–Crippen LogP) is 3.29. The van der Waals surface area contributed by atoms with Crippen LogP contribution in [0.5, 0.6) is 5.75 Å². The van der Waals surface area contributed by atoms with E-state index in [4.69, 9.17) is 21.1 Å². The molecule has 1 amide bonds. The van der Waals surface area contributed by atoms with Crippen molar-refractivity contribution >= 4 is 17.5 Å². The molecule has 2 heterocycles. The Morgan fingerprint density at radius 1 is 1.22 bits per heavy atom. The Balaban J connectivity index is 1.37. The quantitative estimate of drug-likeness (QED) is 0.876. The first kappa shape index (κ1) is 18.3. The summed E-state index contributed by atoms with van der Waals surface area (Å²) in [5, 5.41) is 3.57. The number of rotatable bonds is 4. The molecule has 2 fully saturated rings. The number of halogens is 1. The first-order valence-corrected chi connectivity index (χ1v) is 9.57. The largest absolute Gasteiger partial charge is 0.495 e. The van der Waals surface area contributed by atoms with Gasteiger partial charge >= 0.3 is 0 Å². The van der Waals surface area contributed by atoms with Crippen molar-refractivity contribution in [2.24, 2.45) is 0 Å². The number of fused-ring (bicyclic) bond motifs is 1. The Morgan fingerprint density at radius 3 is 2.78 bits per heavy atom. The third-order valence-corrected chi connectivity index (χ3v) is 5.63. The highest BCUT2D eigenvalue weighted by molar-refractivity contribution is 6.32. The molecule has 2 aromatic carbocycles. The summed E-state index contributed by atoms with van der Waals surface area (Å²) in [6, 6.07) is 15.9. The Kier molecular flexibility index (Phi) is 5.34. The van der Waals surface area contributed by atoms with Crippen molar-refractivity contribution in [2.45, 2.75) is 24.6 Å². The lowest BCUT2D eigenvalue weighted by molar-refractivity contribution is -0.0502. The number of nitrogens with one attached hydrogen (secondary N) is 1. The highest BCUT2D eigenvalue weighted by atomic mass is 35.5. The summed E-state index contributed by atoms with van der Waals surface area (Å²) >= 11 is 6.13. The summed E-state index contributed by atoms with van der Waals surface area (Å²) < 4.78 is 11.2. The van der Waals surface area contributed by atoms with Gasteiger partial charge in [-0.15, -0.1) is 0 Å².